The lowest BCUT2D eigenvalue weighted by Gasteiger charge is -2.38. The zero-order valence-corrected chi connectivity index (χ0v) is 11.7. The van der Waals surface area contributed by atoms with Gasteiger partial charge in [-0.25, -0.2) is 0 Å². The van der Waals surface area contributed by atoms with Crippen molar-refractivity contribution in [3.8, 4) is 0 Å². The summed E-state index contributed by atoms with van der Waals surface area (Å²) in [7, 11) is 3.47. The normalized spacial score (nSPS) is 18.7. The molecule has 1 aromatic heterocycles. The molecule has 1 saturated heterocycles. The molecule has 0 spiro atoms. The number of carbonyl (C=O) groups is 2. The molecule has 3 N–H and O–H groups in total. The van der Waals surface area contributed by atoms with Gasteiger partial charge in [-0.2, -0.15) is 0 Å². The van der Waals surface area contributed by atoms with Crippen LogP contribution < -0.4 is 16.0 Å². The Morgan fingerprint density at radius 1 is 1.50 bits per heavy atom. The second-order valence-electron chi connectivity index (χ2n) is 4.91. The van der Waals surface area contributed by atoms with Crippen LogP contribution in [-0.4, -0.2) is 61.5 Å². The molecule has 0 radical (unpaired) electrons. The maximum absolute atomic E-state index is 12.2. The van der Waals surface area contributed by atoms with Gasteiger partial charge in [-0.05, 0) is 12.1 Å². The Morgan fingerprint density at radius 3 is 2.90 bits per heavy atom. The molecule has 1 fully saturated rings. The van der Waals surface area contributed by atoms with Crippen LogP contribution in [0, 0.1) is 0 Å². The van der Waals surface area contributed by atoms with E-state index in [1.54, 1.807) is 31.1 Å². The van der Waals surface area contributed by atoms with Crippen LogP contribution in [0.25, 0.3) is 0 Å². The molecule has 0 aromatic carbocycles. The minimum absolute atomic E-state index is 0.0228. The van der Waals surface area contributed by atoms with E-state index in [4.69, 9.17) is 5.73 Å². The van der Waals surface area contributed by atoms with E-state index in [2.05, 4.69) is 10.3 Å². The SMILES string of the molecule is CN(C)C(=O)C1CNCCN1c1ccnc(C(N)=O)c1. The Kier molecular flexibility index (Phi) is 4.19. The molecule has 7 heteroatoms. The third-order valence-electron chi connectivity index (χ3n) is 3.30. The van der Waals surface area contributed by atoms with Gasteiger partial charge in [0.2, 0.25) is 5.91 Å². The second-order valence-corrected chi connectivity index (χ2v) is 4.91. The van der Waals surface area contributed by atoms with Gasteiger partial charge in [0.25, 0.3) is 5.91 Å². The Balaban J connectivity index is 2.30. The summed E-state index contributed by atoms with van der Waals surface area (Å²) in [5, 5.41) is 3.21. The van der Waals surface area contributed by atoms with Crippen LogP contribution in [0.15, 0.2) is 18.3 Å². The van der Waals surface area contributed by atoms with E-state index < -0.39 is 5.91 Å². The number of primary amides is 1. The van der Waals surface area contributed by atoms with Gasteiger partial charge in [-0.3, -0.25) is 14.6 Å². The molecule has 7 nitrogen and oxygen atoms in total. The van der Waals surface area contributed by atoms with Gasteiger partial charge in [0, 0.05) is 45.6 Å². The minimum Gasteiger partial charge on any atom is -0.364 e. The fraction of sp³-hybridized carbons (Fsp3) is 0.462. The fourth-order valence-corrected chi connectivity index (χ4v) is 2.26. The number of aromatic nitrogens is 1. The van der Waals surface area contributed by atoms with Crippen molar-refractivity contribution in [3.05, 3.63) is 24.0 Å². The number of nitrogens with one attached hydrogen (secondary N) is 1. The number of nitrogens with zero attached hydrogens (tertiary/aromatic N) is 3. The molecule has 0 aliphatic carbocycles. The number of rotatable bonds is 3. The van der Waals surface area contributed by atoms with Gasteiger partial charge in [0.05, 0.1) is 0 Å². The third-order valence-corrected chi connectivity index (χ3v) is 3.30. The van der Waals surface area contributed by atoms with Crippen molar-refractivity contribution in [3.63, 3.8) is 0 Å². The van der Waals surface area contributed by atoms with Crippen molar-refractivity contribution < 1.29 is 9.59 Å². The number of likely N-dealkylation sites (N-methyl/N-ethyl adjacent to an activating group) is 1. The summed E-state index contributed by atoms with van der Waals surface area (Å²) in [6.07, 6.45) is 1.54. The maximum Gasteiger partial charge on any atom is 0.267 e. The van der Waals surface area contributed by atoms with Gasteiger partial charge in [-0.15, -0.1) is 0 Å². The zero-order valence-electron chi connectivity index (χ0n) is 11.7. The average Bonchev–Trinajstić information content (AvgIpc) is 2.46. The molecule has 1 aliphatic rings. The van der Waals surface area contributed by atoms with Crippen molar-refractivity contribution >= 4 is 17.5 Å². The van der Waals surface area contributed by atoms with Crippen molar-refractivity contribution in [2.45, 2.75) is 6.04 Å². The fourth-order valence-electron chi connectivity index (χ4n) is 2.26. The summed E-state index contributed by atoms with van der Waals surface area (Å²) in [5.41, 5.74) is 6.24. The van der Waals surface area contributed by atoms with E-state index in [0.29, 0.717) is 13.1 Å². The van der Waals surface area contributed by atoms with Crippen LogP contribution in [0.2, 0.25) is 0 Å². The first kappa shape index (κ1) is 14.3. The number of pyridine rings is 1. The minimum atomic E-state index is -0.572. The van der Waals surface area contributed by atoms with E-state index >= 15 is 0 Å². The molecule has 1 atom stereocenters. The van der Waals surface area contributed by atoms with Crippen LogP contribution in [0.5, 0.6) is 0 Å². The zero-order chi connectivity index (χ0) is 14.7. The van der Waals surface area contributed by atoms with Crippen LogP contribution in [0.3, 0.4) is 0 Å². The number of piperazine rings is 1. The van der Waals surface area contributed by atoms with Crippen molar-refractivity contribution in [1.29, 1.82) is 0 Å². The van der Waals surface area contributed by atoms with Crippen molar-refractivity contribution in [1.82, 2.24) is 15.2 Å². The Hall–Kier alpha value is -2.15. The first-order chi connectivity index (χ1) is 9.50. The van der Waals surface area contributed by atoms with Gasteiger partial charge < -0.3 is 20.9 Å². The van der Waals surface area contributed by atoms with Crippen LogP contribution in [0.4, 0.5) is 5.69 Å². The van der Waals surface area contributed by atoms with Crippen LogP contribution in [0.1, 0.15) is 10.5 Å². The summed E-state index contributed by atoms with van der Waals surface area (Å²) in [6.45, 7) is 2.04. The predicted molar refractivity (Wildman–Crippen MR) is 75.5 cm³/mol. The molecular weight excluding hydrogens is 258 g/mol. The Bertz CT molecular complexity index is 517. The molecule has 2 rings (SSSR count). The molecule has 0 saturated carbocycles. The molecule has 1 unspecified atom stereocenters. The highest BCUT2D eigenvalue weighted by atomic mass is 16.2. The number of amides is 2. The molecule has 1 aliphatic heterocycles. The first-order valence-corrected chi connectivity index (χ1v) is 6.45. The molecule has 2 heterocycles. The molecule has 20 heavy (non-hydrogen) atoms. The van der Waals surface area contributed by atoms with E-state index in [0.717, 1.165) is 12.2 Å². The van der Waals surface area contributed by atoms with Gasteiger partial charge in [0.1, 0.15) is 11.7 Å². The summed E-state index contributed by atoms with van der Waals surface area (Å²) in [4.78, 5) is 30.9. The maximum atomic E-state index is 12.2. The number of hydrogen-bond donors (Lipinski definition) is 2. The highest BCUT2D eigenvalue weighted by Gasteiger charge is 2.30. The van der Waals surface area contributed by atoms with Crippen LogP contribution in [-0.2, 0) is 4.79 Å². The third kappa shape index (κ3) is 2.88. The molecular formula is C13H19N5O2. The van der Waals surface area contributed by atoms with E-state index in [1.807, 2.05) is 4.90 Å². The van der Waals surface area contributed by atoms with Crippen LogP contribution >= 0.6 is 0 Å². The standard InChI is InChI=1S/C13H19N5O2/c1-17(2)13(20)11-8-15-5-6-18(11)9-3-4-16-10(7-9)12(14)19/h3-4,7,11,15H,5-6,8H2,1-2H3,(H2,14,19). The number of anilines is 1. The van der Waals surface area contributed by atoms with Gasteiger partial charge in [0.15, 0.2) is 0 Å². The smallest absolute Gasteiger partial charge is 0.267 e. The molecule has 0 bridgehead atoms. The Morgan fingerprint density at radius 2 is 2.25 bits per heavy atom. The monoisotopic (exact) mass is 277 g/mol. The number of nitrogens with two attached hydrogens (primary N) is 1. The van der Waals surface area contributed by atoms with Gasteiger partial charge in [-0.1, -0.05) is 0 Å². The predicted octanol–water partition coefficient (Wildman–Crippen LogP) is -0.953. The quantitative estimate of drug-likeness (QED) is 0.743. The summed E-state index contributed by atoms with van der Waals surface area (Å²) < 4.78 is 0. The lowest BCUT2D eigenvalue weighted by molar-refractivity contribution is -0.130. The lowest BCUT2D eigenvalue weighted by Crippen LogP contribution is -2.57. The first-order valence-electron chi connectivity index (χ1n) is 6.45. The average molecular weight is 277 g/mol. The molecule has 108 valence electrons. The van der Waals surface area contributed by atoms with E-state index in [9.17, 15) is 9.59 Å². The highest BCUT2D eigenvalue weighted by molar-refractivity contribution is 5.92. The summed E-state index contributed by atoms with van der Waals surface area (Å²) in [6, 6.07) is 3.12. The second kappa shape index (κ2) is 5.87. The summed E-state index contributed by atoms with van der Waals surface area (Å²) in [5.74, 6) is -0.549. The van der Waals surface area contributed by atoms with Gasteiger partial charge >= 0.3 is 0 Å². The number of carbonyl (C=O) groups excluding carboxylic acids is 2. The number of hydrogen-bond acceptors (Lipinski definition) is 5. The largest absolute Gasteiger partial charge is 0.364 e. The van der Waals surface area contributed by atoms with Crippen molar-refractivity contribution in [2.75, 3.05) is 38.6 Å². The topological polar surface area (TPSA) is 91.6 Å². The van der Waals surface area contributed by atoms with Crippen molar-refractivity contribution in [2.24, 2.45) is 5.73 Å². The molecule has 2 amide bonds. The van der Waals surface area contributed by atoms with E-state index in [-0.39, 0.29) is 17.6 Å². The lowest BCUT2D eigenvalue weighted by atomic mass is 10.1. The summed E-state index contributed by atoms with van der Waals surface area (Å²) >= 11 is 0. The van der Waals surface area contributed by atoms with E-state index in [1.165, 1.54) is 6.20 Å². The Labute approximate surface area is 117 Å². The highest BCUT2D eigenvalue weighted by Crippen LogP contribution is 2.19. The molecule has 1 aromatic rings.